The molecule has 1 N–H and O–H groups in total. The van der Waals surface area contributed by atoms with Gasteiger partial charge >= 0.3 is 0 Å². The molecular formula is C15H27N3O2. The highest BCUT2D eigenvalue weighted by Crippen LogP contribution is 2.34. The zero-order valence-electron chi connectivity index (χ0n) is 13.1. The second-order valence-electron chi connectivity index (χ2n) is 6.06. The molecule has 0 aliphatic heterocycles. The van der Waals surface area contributed by atoms with Crippen LogP contribution in [0.4, 0.5) is 0 Å². The fraction of sp³-hybridized carbons (Fsp3) is 0.867. The summed E-state index contributed by atoms with van der Waals surface area (Å²) in [7, 11) is 0. The van der Waals surface area contributed by atoms with Crippen molar-refractivity contribution in [3.05, 3.63) is 11.7 Å². The maximum Gasteiger partial charge on any atom is 0.228 e. The molecule has 114 valence electrons. The summed E-state index contributed by atoms with van der Waals surface area (Å²) in [6, 6.07) is 0.471. The number of nitrogens with zero attached hydrogens (tertiary/aromatic N) is 2. The van der Waals surface area contributed by atoms with Gasteiger partial charge in [-0.05, 0) is 52.5 Å². The van der Waals surface area contributed by atoms with Crippen molar-refractivity contribution in [1.29, 1.82) is 0 Å². The van der Waals surface area contributed by atoms with E-state index in [1.54, 1.807) is 0 Å². The van der Waals surface area contributed by atoms with Crippen molar-refractivity contribution >= 4 is 0 Å². The summed E-state index contributed by atoms with van der Waals surface area (Å²) in [6.07, 6.45) is 4.59. The predicted octanol–water partition coefficient (Wildman–Crippen LogP) is 2.66. The summed E-state index contributed by atoms with van der Waals surface area (Å²) in [4.78, 5) is 4.52. The summed E-state index contributed by atoms with van der Waals surface area (Å²) in [5.41, 5.74) is -0.484. The third kappa shape index (κ3) is 4.03. The molecule has 1 aromatic rings. The Bertz CT molecular complexity index is 413. The molecule has 1 aliphatic carbocycles. The van der Waals surface area contributed by atoms with Gasteiger partial charge in [0.05, 0.1) is 0 Å². The van der Waals surface area contributed by atoms with E-state index >= 15 is 0 Å². The molecule has 2 rings (SSSR count). The van der Waals surface area contributed by atoms with Crippen LogP contribution in [0, 0.1) is 5.92 Å². The van der Waals surface area contributed by atoms with Crippen molar-refractivity contribution in [1.82, 2.24) is 15.5 Å². The van der Waals surface area contributed by atoms with Gasteiger partial charge in [0.25, 0.3) is 0 Å². The van der Waals surface area contributed by atoms with Crippen molar-refractivity contribution in [2.45, 2.75) is 65.0 Å². The van der Waals surface area contributed by atoms with Gasteiger partial charge in [0.2, 0.25) is 11.7 Å². The lowest BCUT2D eigenvalue weighted by Crippen LogP contribution is -2.33. The third-order valence-corrected chi connectivity index (χ3v) is 3.75. The lowest BCUT2D eigenvalue weighted by Gasteiger charge is -2.19. The van der Waals surface area contributed by atoms with Gasteiger partial charge in [-0.1, -0.05) is 12.1 Å². The van der Waals surface area contributed by atoms with E-state index in [-0.39, 0.29) is 0 Å². The molecule has 0 saturated heterocycles. The number of hydrogen-bond acceptors (Lipinski definition) is 5. The number of hydrogen-bond donors (Lipinski definition) is 1. The first-order valence-corrected chi connectivity index (χ1v) is 7.77. The molecule has 1 aromatic heterocycles. The Hall–Kier alpha value is -0.940. The van der Waals surface area contributed by atoms with Crippen molar-refractivity contribution in [3.8, 4) is 0 Å². The smallest absolute Gasteiger partial charge is 0.228 e. The van der Waals surface area contributed by atoms with Crippen LogP contribution >= 0.6 is 0 Å². The molecule has 1 heterocycles. The van der Waals surface area contributed by atoms with Crippen LogP contribution in [-0.2, 0) is 16.8 Å². The summed E-state index contributed by atoms with van der Waals surface area (Å²) < 4.78 is 11.1. The average molecular weight is 281 g/mol. The summed E-state index contributed by atoms with van der Waals surface area (Å²) in [5, 5.41) is 7.67. The lowest BCUT2D eigenvalue weighted by atomic mass is 10.1. The maximum absolute atomic E-state index is 5.66. The monoisotopic (exact) mass is 281 g/mol. The van der Waals surface area contributed by atoms with E-state index in [1.807, 2.05) is 20.8 Å². The number of aromatic nitrogens is 2. The molecule has 5 heteroatoms. The lowest BCUT2D eigenvalue weighted by molar-refractivity contribution is -0.0221. The van der Waals surface area contributed by atoms with E-state index in [4.69, 9.17) is 9.26 Å². The fourth-order valence-electron chi connectivity index (χ4n) is 2.43. The summed E-state index contributed by atoms with van der Waals surface area (Å²) >= 11 is 0. The topological polar surface area (TPSA) is 60.2 Å². The average Bonchev–Trinajstić information content (AvgIpc) is 3.13. The van der Waals surface area contributed by atoms with Crippen molar-refractivity contribution in [2.75, 3.05) is 13.2 Å². The minimum absolute atomic E-state index is 0.471. The van der Waals surface area contributed by atoms with Gasteiger partial charge in [-0.2, -0.15) is 4.98 Å². The minimum Gasteiger partial charge on any atom is -0.368 e. The molecule has 5 nitrogen and oxygen atoms in total. The van der Waals surface area contributed by atoms with Gasteiger partial charge in [-0.25, -0.2) is 0 Å². The van der Waals surface area contributed by atoms with Gasteiger partial charge in [-0.3, -0.25) is 0 Å². The van der Waals surface area contributed by atoms with Gasteiger partial charge in [0.15, 0.2) is 0 Å². The van der Waals surface area contributed by atoms with Gasteiger partial charge in [0.1, 0.15) is 5.60 Å². The second-order valence-corrected chi connectivity index (χ2v) is 6.06. The van der Waals surface area contributed by atoms with Crippen molar-refractivity contribution in [3.63, 3.8) is 0 Å². The van der Waals surface area contributed by atoms with E-state index in [0.29, 0.717) is 24.4 Å². The van der Waals surface area contributed by atoms with Crippen LogP contribution in [0.3, 0.4) is 0 Å². The van der Waals surface area contributed by atoms with Crippen LogP contribution in [0.5, 0.6) is 0 Å². The highest BCUT2D eigenvalue weighted by molar-refractivity contribution is 5.00. The molecule has 0 amide bonds. The van der Waals surface area contributed by atoms with Gasteiger partial charge in [-0.15, -0.1) is 0 Å². The molecular weight excluding hydrogens is 254 g/mol. The van der Waals surface area contributed by atoms with E-state index in [2.05, 4.69) is 22.4 Å². The Morgan fingerprint density at radius 1 is 1.40 bits per heavy atom. The first-order chi connectivity index (χ1) is 9.56. The number of rotatable bonds is 9. The first kappa shape index (κ1) is 15.4. The SMILES string of the molecule is CCCNC(Cc1nc(C(C)(C)OCC)no1)C1CC1. The maximum atomic E-state index is 5.66. The van der Waals surface area contributed by atoms with Crippen LogP contribution in [0.1, 0.15) is 58.7 Å². The largest absolute Gasteiger partial charge is 0.368 e. The first-order valence-electron chi connectivity index (χ1n) is 7.77. The van der Waals surface area contributed by atoms with Gasteiger partial charge < -0.3 is 14.6 Å². The highest BCUT2D eigenvalue weighted by Gasteiger charge is 2.33. The molecule has 1 atom stereocenters. The van der Waals surface area contributed by atoms with E-state index in [9.17, 15) is 0 Å². The molecule has 0 bridgehead atoms. The zero-order valence-corrected chi connectivity index (χ0v) is 13.1. The van der Waals surface area contributed by atoms with E-state index < -0.39 is 5.60 Å². The van der Waals surface area contributed by atoms with Crippen LogP contribution in [-0.4, -0.2) is 29.3 Å². The molecule has 1 unspecified atom stereocenters. The van der Waals surface area contributed by atoms with Crippen LogP contribution in [0.25, 0.3) is 0 Å². The normalized spacial score (nSPS) is 17.4. The molecule has 0 radical (unpaired) electrons. The van der Waals surface area contributed by atoms with Crippen LogP contribution < -0.4 is 5.32 Å². The molecule has 1 aliphatic rings. The van der Waals surface area contributed by atoms with Crippen LogP contribution in [0.2, 0.25) is 0 Å². The van der Waals surface area contributed by atoms with E-state index in [1.165, 1.54) is 12.8 Å². The highest BCUT2D eigenvalue weighted by atomic mass is 16.5. The van der Waals surface area contributed by atoms with Crippen molar-refractivity contribution < 1.29 is 9.26 Å². The fourth-order valence-corrected chi connectivity index (χ4v) is 2.43. The molecule has 0 spiro atoms. The molecule has 0 aromatic carbocycles. The van der Waals surface area contributed by atoms with Crippen LogP contribution in [0.15, 0.2) is 4.52 Å². The zero-order chi connectivity index (χ0) is 14.6. The minimum atomic E-state index is -0.484. The third-order valence-electron chi connectivity index (χ3n) is 3.75. The second kappa shape index (κ2) is 6.68. The Balaban J connectivity index is 1.97. The number of ether oxygens (including phenoxy) is 1. The molecule has 1 fully saturated rings. The molecule has 1 saturated carbocycles. The Labute approximate surface area is 121 Å². The summed E-state index contributed by atoms with van der Waals surface area (Å²) in [5.74, 6) is 2.13. The molecule has 20 heavy (non-hydrogen) atoms. The Morgan fingerprint density at radius 2 is 2.15 bits per heavy atom. The quantitative estimate of drug-likeness (QED) is 0.754. The van der Waals surface area contributed by atoms with Gasteiger partial charge in [0, 0.05) is 19.1 Å². The summed E-state index contributed by atoms with van der Waals surface area (Å²) in [6.45, 7) is 9.79. The van der Waals surface area contributed by atoms with E-state index in [0.717, 1.165) is 25.3 Å². The Kier molecular flexibility index (Phi) is 5.16. The van der Waals surface area contributed by atoms with Crippen molar-refractivity contribution in [2.24, 2.45) is 5.92 Å². The standard InChI is InChI=1S/C15H27N3O2/c1-5-9-16-12(11-7-8-11)10-13-17-14(18-20-13)15(3,4)19-6-2/h11-12,16H,5-10H2,1-4H3. The predicted molar refractivity (Wildman–Crippen MR) is 77.5 cm³/mol. The Morgan fingerprint density at radius 3 is 2.75 bits per heavy atom. The number of nitrogens with one attached hydrogen (secondary N) is 1.